The molecule has 0 heterocycles. The van der Waals surface area contributed by atoms with Crippen LogP contribution in [0.25, 0.3) is 0 Å². The summed E-state index contributed by atoms with van der Waals surface area (Å²) in [6.07, 6.45) is -5.18. The first kappa shape index (κ1) is 44.9. The Morgan fingerprint density at radius 2 is 0.875 bits per heavy atom. The molecule has 2 unspecified atom stereocenters. The third kappa shape index (κ3) is 15.0. The van der Waals surface area contributed by atoms with Crippen LogP contribution in [0.1, 0.15) is 58.2 Å². The Hall–Kier alpha value is -3.76. The highest BCUT2D eigenvalue weighted by Gasteiger charge is 2.53. The summed E-state index contributed by atoms with van der Waals surface area (Å²) >= 11 is 0. The standard InChI is InChI=1S/C43H61N3O10/c1-42(2,3)55-34(50)23-45-37-39(52-26-29-16-10-7-11-17-29)36(44-22-32(48)33(49)25-47)40(53-27-30-18-12-8-13-19-30)38(46-24-35(51)56-43(4,5)6)41(37)54-28-31-20-14-9-15-21-31/h7-21,32-33,36-41,44-49H,22-28H2,1-6H3/t32-,33+,36?,37-,38+,39-,40+,41?/m0/s1. The second-order valence-electron chi connectivity index (χ2n) is 16.0. The van der Waals surface area contributed by atoms with Crippen LogP contribution >= 0.6 is 0 Å². The molecule has 13 nitrogen and oxygen atoms in total. The third-order valence-electron chi connectivity index (χ3n) is 8.98. The molecule has 4 rings (SSSR count). The van der Waals surface area contributed by atoms with E-state index < -0.39 is 78.4 Å². The van der Waals surface area contributed by atoms with E-state index in [1.54, 1.807) is 41.5 Å². The molecule has 3 aromatic carbocycles. The van der Waals surface area contributed by atoms with Gasteiger partial charge in [0.1, 0.15) is 17.3 Å². The molecule has 6 N–H and O–H groups in total. The summed E-state index contributed by atoms with van der Waals surface area (Å²) in [5.74, 6) is -0.985. The summed E-state index contributed by atoms with van der Waals surface area (Å²) in [5, 5.41) is 41.0. The van der Waals surface area contributed by atoms with Gasteiger partial charge in [-0.05, 0) is 58.2 Å². The van der Waals surface area contributed by atoms with E-state index in [1.165, 1.54) is 0 Å². The lowest BCUT2D eigenvalue weighted by Crippen LogP contribution is -2.75. The minimum absolute atomic E-state index is 0.157. The van der Waals surface area contributed by atoms with Crippen LogP contribution in [-0.4, -0.2) is 113 Å². The van der Waals surface area contributed by atoms with Crippen LogP contribution in [0.3, 0.4) is 0 Å². The fraction of sp³-hybridized carbons (Fsp3) is 0.535. The molecule has 0 amide bonds. The number of carbonyl (C=O) groups excluding carboxylic acids is 2. The van der Waals surface area contributed by atoms with E-state index in [0.717, 1.165) is 16.7 Å². The highest BCUT2D eigenvalue weighted by molar-refractivity contribution is 5.72. The number of carbonyl (C=O) groups is 2. The summed E-state index contributed by atoms with van der Waals surface area (Å²) in [6.45, 7) is 10.1. The smallest absolute Gasteiger partial charge is 0.320 e. The van der Waals surface area contributed by atoms with E-state index in [-0.39, 0.29) is 39.5 Å². The van der Waals surface area contributed by atoms with Crippen LogP contribution in [0.15, 0.2) is 91.0 Å². The average Bonchev–Trinajstić information content (AvgIpc) is 3.15. The highest BCUT2D eigenvalue weighted by atomic mass is 16.6. The maximum Gasteiger partial charge on any atom is 0.320 e. The summed E-state index contributed by atoms with van der Waals surface area (Å²) in [4.78, 5) is 26.5. The van der Waals surface area contributed by atoms with Crippen molar-refractivity contribution < 1.29 is 48.6 Å². The Morgan fingerprint density at radius 3 is 1.18 bits per heavy atom. The fourth-order valence-electron chi connectivity index (χ4n) is 6.52. The molecule has 0 saturated heterocycles. The number of ether oxygens (including phenoxy) is 5. The Labute approximate surface area is 331 Å². The van der Waals surface area contributed by atoms with Crippen LogP contribution in [0.2, 0.25) is 0 Å². The Balaban J connectivity index is 1.84. The van der Waals surface area contributed by atoms with E-state index >= 15 is 0 Å². The number of esters is 2. The van der Waals surface area contributed by atoms with Crippen LogP contribution < -0.4 is 16.0 Å². The zero-order valence-electron chi connectivity index (χ0n) is 33.4. The average molecular weight is 780 g/mol. The first-order valence-corrected chi connectivity index (χ1v) is 19.2. The molecule has 3 aromatic rings. The molecule has 0 bridgehead atoms. The molecule has 0 aliphatic heterocycles. The lowest BCUT2D eigenvalue weighted by atomic mass is 9.78. The number of hydrogen-bond acceptors (Lipinski definition) is 13. The number of nitrogens with one attached hydrogen (secondary N) is 3. The molecule has 13 heteroatoms. The van der Waals surface area contributed by atoms with Gasteiger partial charge in [0.2, 0.25) is 0 Å². The first-order valence-electron chi connectivity index (χ1n) is 19.2. The number of aliphatic hydroxyl groups excluding tert-OH is 3. The molecule has 0 radical (unpaired) electrons. The molecule has 0 spiro atoms. The van der Waals surface area contributed by atoms with Gasteiger partial charge in [-0.25, -0.2) is 0 Å². The van der Waals surface area contributed by atoms with Crippen molar-refractivity contribution in [2.45, 2.75) is 121 Å². The normalized spacial score (nSPS) is 22.6. The Bertz CT molecular complexity index is 1500. The van der Waals surface area contributed by atoms with E-state index in [9.17, 15) is 24.9 Å². The van der Waals surface area contributed by atoms with Crippen molar-refractivity contribution in [1.82, 2.24) is 16.0 Å². The predicted molar refractivity (Wildman–Crippen MR) is 211 cm³/mol. The summed E-state index contributed by atoms with van der Waals surface area (Å²) in [6, 6.07) is 26.6. The van der Waals surface area contributed by atoms with Gasteiger partial charge >= 0.3 is 11.9 Å². The molecular weight excluding hydrogens is 718 g/mol. The van der Waals surface area contributed by atoms with Gasteiger partial charge in [0.25, 0.3) is 0 Å². The van der Waals surface area contributed by atoms with E-state index in [2.05, 4.69) is 16.0 Å². The maximum atomic E-state index is 13.3. The van der Waals surface area contributed by atoms with Crippen LogP contribution in [-0.2, 0) is 53.1 Å². The van der Waals surface area contributed by atoms with Crippen LogP contribution in [0, 0.1) is 0 Å². The first-order chi connectivity index (χ1) is 26.6. The van der Waals surface area contributed by atoms with Crippen LogP contribution in [0.5, 0.6) is 0 Å². The molecule has 1 fully saturated rings. The quantitative estimate of drug-likeness (QED) is 0.0925. The molecule has 1 aliphatic rings. The minimum atomic E-state index is -1.41. The SMILES string of the molecule is CC(C)(C)OC(=O)CN[C@@H]1C(OCc2ccccc2)[C@H](NCC(=O)OC(C)(C)C)[C@H](OCc2ccccc2)C(NC[C@H](O)[C@H](O)CO)[C@@H]1OCc1ccccc1. The van der Waals surface area contributed by atoms with Gasteiger partial charge in [-0.1, -0.05) is 91.0 Å². The number of rotatable bonds is 20. The second-order valence-corrected chi connectivity index (χ2v) is 16.0. The van der Waals surface area contributed by atoms with Crippen molar-refractivity contribution >= 4 is 11.9 Å². The number of aliphatic hydroxyl groups is 3. The molecule has 308 valence electrons. The summed E-state index contributed by atoms with van der Waals surface area (Å²) in [7, 11) is 0. The third-order valence-corrected chi connectivity index (χ3v) is 8.98. The zero-order valence-corrected chi connectivity index (χ0v) is 33.4. The van der Waals surface area contributed by atoms with Gasteiger partial charge in [0, 0.05) is 6.54 Å². The lowest BCUT2D eigenvalue weighted by Gasteiger charge is -2.51. The fourth-order valence-corrected chi connectivity index (χ4v) is 6.52. The maximum absolute atomic E-state index is 13.3. The summed E-state index contributed by atoms with van der Waals surface area (Å²) < 4.78 is 31.8. The van der Waals surface area contributed by atoms with Crippen molar-refractivity contribution in [3.8, 4) is 0 Å². The van der Waals surface area contributed by atoms with Gasteiger partial charge in [-0.15, -0.1) is 0 Å². The number of benzene rings is 3. The van der Waals surface area contributed by atoms with E-state index in [4.69, 9.17) is 23.7 Å². The van der Waals surface area contributed by atoms with E-state index in [1.807, 2.05) is 91.0 Å². The zero-order chi connectivity index (χ0) is 40.7. The monoisotopic (exact) mass is 779 g/mol. The largest absolute Gasteiger partial charge is 0.459 e. The Morgan fingerprint density at radius 1 is 0.554 bits per heavy atom. The van der Waals surface area contributed by atoms with Gasteiger partial charge in [0.15, 0.2) is 0 Å². The predicted octanol–water partition coefficient (Wildman–Crippen LogP) is 3.03. The summed E-state index contributed by atoms with van der Waals surface area (Å²) in [5.41, 5.74) is 1.20. The molecule has 1 saturated carbocycles. The molecule has 0 aromatic heterocycles. The topological polar surface area (TPSA) is 177 Å². The van der Waals surface area contributed by atoms with Gasteiger partial charge in [-0.3, -0.25) is 20.2 Å². The lowest BCUT2D eigenvalue weighted by molar-refractivity contribution is -0.171. The minimum Gasteiger partial charge on any atom is -0.459 e. The van der Waals surface area contributed by atoms with Gasteiger partial charge < -0.3 is 44.3 Å². The van der Waals surface area contributed by atoms with Crippen molar-refractivity contribution in [1.29, 1.82) is 0 Å². The van der Waals surface area contributed by atoms with Crippen molar-refractivity contribution in [2.24, 2.45) is 0 Å². The van der Waals surface area contributed by atoms with Gasteiger partial charge in [0.05, 0.1) is 82.1 Å². The highest BCUT2D eigenvalue weighted by Crippen LogP contribution is 2.31. The molecular formula is C43H61N3O10. The van der Waals surface area contributed by atoms with Gasteiger partial charge in [-0.2, -0.15) is 0 Å². The van der Waals surface area contributed by atoms with Crippen molar-refractivity contribution in [3.05, 3.63) is 108 Å². The molecule has 1 aliphatic carbocycles. The van der Waals surface area contributed by atoms with E-state index in [0.29, 0.717) is 0 Å². The number of hydrogen-bond donors (Lipinski definition) is 6. The van der Waals surface area contributed by atoms with Crippen molar-refractivity contribution in [2.75, 3.05) is 26.2 Å². The van der Waals surface area contributed by atoms with Crippen molar-refractivity contribution in [3.63, 3.8) is 0 Å². The Kier molecular flexibility index (Phi) is 17.4. The second kappa shape index (κ2) is 21.7. The molecule has 8 atom stereocenters. The van der Waals surface area contributed by atoms with Crippen LogP contribution in [0.4, 0.5) is 0 Å². The molecule has 56 heavy (non-hydrogen) atoms.